The fourth-order valence-electron chi connectivity index (χ4n) is 2.32. The summed E-state index contributed by atoms with van der Waals surface area (Å²) in [6.45, 7) is 1.98. The molecule has 0 amide bonds. The minimum atomic E-state index is 0.284. The zero-order valence-corrected chi connectivity index (χ0v) is 13.3. The number of hydrogen-bond donors (Lipinski definition) is 1. The summed E-state index contributed by atoms with van der Waals surface area (Å²) in [5, 5.41) is 2.20. The third-order valence-corrected chi connectivity index (χ3v) is 4.22. The van der Waals surface area contributed by atoms with E-state index in [1.165, 1.54) is 0 Å². The van der Waals surface area contributed by atoms with Gasteiger partial charge in [0.15, 0.2) is 0 Å². The fourth-order valence-corrected chi connectivity index (χ4v) is 2.98. The Bertz CT molecular complexity index is 833. The molecule has 2 N–H and O–H groups in total. The molecule has 0 saturated heterocycles. The van der Waals surface area contributed by atoms with Crippen LogP contribution in [0.3, 0.4) is 0 Å². The van der Waals surface area contributed by atoms with Crippen molar-refractivity contribution in [3.63, 3.8) is 0 Å². The molecule has 0 saturated carbocycles. The maximum absolute atomic E-state index is 5.69. The van der Waals surface area contributed by atoms with Gasteiger partial charge in [0.2, 0.25) is 5.95 Å². The van der Waals surface area contributed by atoms with E-state index in [0.29, 0.717) is 0 Å². The lowest BCUT2D eigenvalue weighted by Gasteiger charge is -2.10. The molecule has 0 fully saturated rings. The van der Waals surface area contributed by atoms with Crippen molar-refractivity contribution in [3.8, 4) is 17.0 Å². The summed E-state index contributed by atoms with van der Waals surface area (Å²) >= 11 is 3.58. The van der Waals surface area contributed by atoms with E-state index in [-0.39, 0.29) is 5.95 Å². The number of benzene rings is 2. The van der Waals surface area contributed by atoms with Gasteiger partial charge in [-0.15, -0.1) is 0 Å². The lowest BCUT2D eigenvalue weighted by molar-refractivity contribution is 0.413. The first kappa shape index (κ1) is 13.8. The van der Waals surface area contributed by atoms with Crippen LogP contribution in [0.25, 0.3) is 22.0 Å². The fraction of sp³-hybridized carbons (Fsp3) is 0.125. The molecule has 4 nitrogen and oxygen atoms in total. The number of ether oxygens (including phenoxy) is 1. The molecule has 0 aliphatic rings. The summed E-state index contributed by atoms with van der Waals surface area (Å²) < 4.78 is 6.27. The van der Waals surface area contributed by atoms with Crippen molar-refractivity contribution >= 4 is 32.7 Å². The second-order valence-corrected chi connectivity index (χ2v) is 5.57. The molecule has 0 aliphatic heterocycles. The minimum absolute atomic E-state index is 0.284. The third-order valence-electron chi connectivity index (χ3n) is 3.40. The Morgan fingerprint density at radius 1 is 1.19 bits per heavy atom. The van der Waals surface area contributed by atoms with Gasteiger partial charge >= 0.3 is 0 Å². The van der Waals surface area contributed by atoms with E-state index in [0.717, 1.165) is 37.8 Å². The Morgan fingerprint density at radius 3 is 2.76 bits per heavy atom. The van der Waals surface area contributed by atoms with E-state index in [1.807, 2.05) is 25.1 Å². The number of fused-ring (bicyclic) bond motifs is 1. The molecule has 1 aromatic heterocycles. The molecule has 3 rings (SSSR count). The smallest absolute Gasteiger partial charge is 0.220 e. The highest BCUT2D eigenvalue weighted by Gasteiger charge is 2.09. The number of nitrogen functional groups attached to an aromatic ring is 1. The normalized spacial score (nSPS) is 10.8. The molecule has 2 aromatic carbocycles. The van der Waals surface area contributed by atoms with E-state index in [4.69, 9.17) is 10.5 Å². The van der Waals surface area contributed by atoms with Crippen LogP contribution in [0.15, 0.2) is 41.0 Å². The highest BCUT2D eigenvalue weighted by Crippen LogP contribution is 2.35. The Hall–Kier alpha value is -2.14. The van der Waals surface area contributed by atoms with Crippen molar-refractivity contribution in [2.24, 2.45) is 0 Å². The molecule has 106 valence electrons. The van der Waals surface area contributed by atoms with Gasteiger partial charge in [0.05, 0.1) is 17.3 Å². The van der Waals surface area contributed by atoms with Crippen molar-refractivity contribution in [2.45, 2.75) is 6.92 Å². The monoisotopic (exact) mass is 343 g/mol. The van der Waals surface area contributed by atoms with E-state index in [1.54, 1.807) is 13.3 Å². The quantitative estimate of drug-likeness (QED) is 0.764. The summed E-state index contributed by atoms with van der Waals surface area (Å²) in [6, 6.07) is 10.1. The molecule has 0 radical (unpaired) electrons. The number of halogens is 1. The minimum Gasteiger partial charge on any atom is -0.496 e. The average molecular weight is 344 g/mol. The SMILES string of the molecule is COc1ccc2cc(-c3nc(N)ncc3C)ccc2c1Br. The largest absolute Gasteiger partial charge is 0.496 e. The summed E-state index contributed by atoms with van der Waals surface area (Å²) in [4.78, 5) is 8.34. The van der Waals surface area contributed by atoms with Crippen molar-refractivity contribution in [3.05, 3.63) is 46.6 Å². The number of aryl methyl sites for hydroxylation is 1. The zero-order valence-electron chi connectivity index (χ0n) is 11.7. The lowest BCUT2D eigenvalue weighted by atomic mass is 10.0. The molecule has 5 heteroatoms. The molecule has 0 aliphatic carbocycles. The second kappa shape index (κ2) is 5.33. The molecule has 1 heterocycles. The maximum atomic E-state index is 5.69. The van der Waals surface area contributed by atoms with Crippen LogP contribution < -0.4 is 10.5 Å². The number of aromatic nitrogens is 2. The Balaban J connectivity index is 2.20. The standard InChI is InChI=1S/C16H14BrN3O/c1-9-8-19-16(18)20-15(9)11-3-5-12-10(7-11)4-6-13(21-2)14(12)17/h3-8H,1-2H3,(H2,18,19,20). The van der Waals surface area contributed by atoms with Gasteiger partial charge in [0.1, 0.15) is 5.75 Å². The molecule has 21 heavy (non-hydrogen) atoms. The third kappa shape index (κ3) is 2.45. The number of anilines is 1. The lowest BCUT2D eigenvalue weighted by Crippen LogP contribution is -1.98. The van der Waals surface area contributed by atoms with Crippen LogP contribution in [-0.4, -0.2) is 17.1 Å². The summed E-state index contributed by atoms with van der Waals surface area (Å²) in [5.41, 5.74) is 8.57. The van der Waals surface area contributed by atoms with Gasteiger partial charge in [-0.3, -0.25) is 0 Å². The topological polar surface area (TPSA) is 61.0 Å². The molecule has 0 atom stereocenters. The first-order chi connectivity index (χ1) is 10.1. The van der Waals surface area contributed by atoms with Gasteiger partial charge in [-0.25, -0.2) is 9.97 Å². The highest BCUT2D eigenvalue weighted by molar-refractivity contribution is 9.10. The molecular weight excluding hydrogens is 330 g/mol. The molecular formula is C16H14BrN3O. The second-order valence-electron chi connectivity index (χ2n) is 4.78. The molecule has 0 spiro atoms. The van der Waals surface area contributed by atoms with Crippen LogP contribution in [0.4, 0.5) is 5.95 Å². The number of methoxy groups -OCH3 is 1. The number of nitrogens with zero attached hydrogens (tertiary/aromatic N) is 2. The highest BCUT2D eigenvalue weighted by atomic mass is 79.9. The van der Waals surface area contributed by atoms with E-state index >= 15 is 0 Å². The van der Waals surface area contributed by atoms with Gasteiger partial charge in [-0.2, -0.15) is 0 Å². The zero-order chi connectivity index (χ0) is 15.0. The van der Waals surface area contributed by atoms with Crippen LogP contribution in [0, 0.1) is 6.92 Å². The van der Waals surface area contributed by atoms with Crippen molar-refractivity contribution in [1.29, 1.82) is 0 Å². The number of rotatable bonds is 2. The van der Waals surface area contributed by atoms with E-state index in [9.17, 15) is 0 Å². The van der Waals surface area contributed by atoms with Gasteiger partial charge in [0.25, 0.3) is 0 Å². The Labute approximate surface area is 131 Å². The van der Waals surface area contributed by atoms with Crippen molar-refractivity contribution < 1.29 is 4.74 Å². The molecule has 3 aromatic rings. The van der Waals surface area contributed by atoms with Crippen LogP contribution in [0.1, 0.15) is 5.56 Å². The number of nitrogens with two attached hydrogens (primary N) is 1. The van der Waals surface area contributed by atoms with Crippen molar-refractivity contribution in [1.82, 2.24) is 9.97 Å². The van der Waals surface area contributed by atoms with Gasteiger partial charge in [0, 0.05) is 11.8 Å². The first-order valence-corrected chi connectivity index (χ1v) is 7.25. The van der Waals surface area contributed by atoms with Crippen LogP contribution in [-0.2, 0) is 0 Å². The van der Waals surface area contributed by atoms with E-state index < -0.39 is 0 Å². The summed E-state index contributed by atoms with van der Waals surface area (Å²) in [7, 11) is 1.66. The number of hydrogen-bond acceptors (Lipinski definition) is 4. The maximum Gasteiger partial charge on any atom is 0.220 e. The van der Waals surface area contributed by atoms with Crippen LogP contribution >= 0.6 is 15.9 Å². The predicted molar refractivity (Wildman–Crippen MR) is 88.4 cm³/mol. The first-order valence-electron chi connectivity index (χ1n) is 6.46. The molecule has 0 unspecified atom stereocenters. The Kier molecular flexibility index (Phi) is 3.51. The predicted octanol–water partition coefficient (Wildman–Crippen LogP) is 3.96. The van der Waals surface area contributed by atoms with Crippen LogP contribution in [0.5, 0.6) is 5.75 Å². The van der Waals surface area contributed by atoms with Gasteiger partial charge in [-0.05, 0) is 51.3 Å². The molecule has 0 bridgehead atoms. The average Bonchev–Trinajstić information content (AvgIpc) is 2.50. The van der Waals surface area contributed by atoms with Crippen LogP contribution in [0.2, 0.25) is 0 Å². The summed E-state index contributed by atoms with van der Waals surface area (Å²) in [5.74, 6) is 1.10. The van der Waals surface area contributed by atoms with Gasteiger partial charge < -0.3 is 10.5 Å². The Morgan fingerprint density at radius 2 is 2.00 bits per heavy atom. The summed E-state index contributed by atoms with van der Waals surface area (Å²) in [6.07, 6.45) is 1.74. The van der Waals surface area contributed by atoms with Crippen molar-refractivity contribution in [2.75, 3.05) is 12.8 Å². The van der Waals surface area contributed by atoms with Gasteiger partial charge in [-0.1, -0.05) is 18.2 Å². The van der Waals surface area contributed by atoms with E-state index in [2.05, 4.69) is 38.0 Å².